The maximum atomic E-state index is 12.6. The zero-order chi connectivity index (χ0) is 11.7. The second-order valence-corrected chi connectivity index (χ2v) is 5.60. The molecule has 1 N–H and O–H groups in total. The molecule has 2 heterocycles. The van der Waals surface area contributed by atoms with Crippen LogP contribution in [0.4, 0.5) is 0 Å². The third-order valence-electron chi connectivity index (χ3n) is 4.28. The number of rotatable bonds is 3. The van der Waals surface area contributed by atoms with Crippen LogP contribution in [-0.2, 0) is 4.79 Å². The average molecular weight is 237 g/mol. The molecule has 1 unspecified atom stereocenters. The normalized spacial score (nSPS) is 28.4. The molecule has 17 heavy (non-hydrogen) atoms. The molecule has 4 heteroatoms. The number of hydrogen-bond donors (Lipinski definition) is 1. The van der Waals surface area contributed by atoms with Crippen LogP contribution < -0.4 is 5.32 Å². The lowest BCUT2D eigenvalue weighted by Gasteiger charge is -2.34. The minimum absolute atomic E-state index is 0.218. The zero-order valence-corrected chi connectivity index (χ0v) is 10.5. The molecule has 1 atom stereocenters. The fraction of sp³-hybridized carbons (Fsp3) is 0.923. The standard InChI is InChI=1S/C13H23N3O/c17-13(16-9-5-14-6-10-16)12(11-3-4-11)15-7-1-2-8-15/h11-12,14H,1-10H2. The lowest BCUT2D eigenvalue weighted by Crippen LogP contribution is -2.54. The van der Waals surface area contributed by atoms with Crippen LogP contribution in [0, 0.1) is 5.92 Å². The minimum Gasteiger partial charge on any atom is -0.339 e. The van der Waals surface area contributed by atoms with Crippen molar-refractivity contribution in [1.29, 1.82) is 0 Å². The molecule has 0 aromatic rings. The monoisotopic (exact) mass is 237 g/mol. The summed E-state index contributed by atoms with van der Waals surface area (Å²) in [6.07, 6.45) is 5.08. The third kappa shape index (κ3) is 2.47. The van der Waals surface area contributed by atoms with Gasteiger partial charge >= 0.3 is 0 Å². The highest BCUT2D eigenvalue weighted by Crippen LogP contribution is 2.37. The number of carbonyl (C=O) groups excluding carboxylic acids is 1. The summed E-state index contributed by atoms with van der Waals surface area (Å²) >= 11 is 0. The van der Waals surface area contributed by atoms with E-state index in [1.165, 1.54) is 25.7 Å². The van der Waals surface area contributed by atoms with Crippen molar-refractivity contribution < 1.29 is 4.79 Å². The van der Waals surface area contributed by atoms with Gasteiger partial charge in [0.05, 0.1) is 6.04 Å². The first-order valence-corrected chi connectivity index (χ1v) is 7.10. The van der Waals surface area contributed by atoms with E-state index < -0.39 is 0 Å². The number of piperazine rings is 1. The molecule has 0 bridgehead atoms. The molecule has 2 aliphatic heterocycles. The minimum atomic E-state index is 0.218. The van der Waals surface area contributed by atoms with E-state index in [-0.39, 0.29) is 6.04 Å². The number of amides is 1. The third-order valence-corrected chi connectivity index (χ3v) is 4.28. The van der Waals surface area contributed by atoms with Gasteiger partial charge in [-0.1, -0.05) is 0 Å². The van der Waals surface area contributed by atoms with E-state index in [1.807, 2.05) is 0 Å². The van der Waals surface area contributed by atoms with Crippen LogP contribution in [0.25, 0.3) is 0 Å². The Hall–Kier alpha value is -0.610. The molecule has 0 aromatic carbocycles. The van der Waals surface area contributed by atoms with E-state index >= 15 is 0 Å². The predicted molar refractivity (Wildman–Crippen MR) is 66.8 cm³/mol. The van der Waals surface area contributed by atoms with Crippen LogP contribution in [0.5, 0.6) is 0 Å². The van der Waals surface area contributed by atoms with Gasteiger partial charge in [0.15, 0.2) is 0 Å². The Labute approximate surface area is 103 Å². The smallest absolute Gasteiger partial charge is 0.240 e. The summed E-state index contributed by atoms with van der Waals surface area (Å²) in [5.41, 5.74) is 0. The van der Waals surface area contributed by atoms with Crippen molar-refractivity contribution in [3.63, 3.8) is 0 Å². The second kappa shape index (κ2) is 4.94. The van der Waals surface area contributed by atoms with Crippen LogP contribution in [-0.4, -0.2) is 61.0 Å². The van der Waals surface area contributed by atoms with Gasteiger partial charge in [0.2, 0.25) is 5.91 Å². The number of nitrogens with zero attached hydrogens (tertiary/aromatic N) is 2. The Bertz CT molecular complexity index is 278. The molecule has 3 rings (SSSR count). The van der Waals surface area contributed by atoms with Crippen molar-refractivity contribution in [3.8, 4) is 0 Å². The van der Waals surface area contributed by atoms with E-state index in [0.29, 0.717) is 11.8 Å². The summed E-state index contributed by atoms with van der Waals surface area (Å²) in [7, 11) is 0. The van der Waals surface area contributed by atoms with Crippen molar-refractivity contribution in [3.05, 3.63) is 0 Å². The first kappa shape index (κ1) is 11.5. The fourth-order valence-corrected chi connectivity index (χ4v) is 3.16. The van der Waals surface area contributed by atoms with E-state index in [0.717, 1.165) is 39.3 Å². The summed E-state index contributed by atoms with van der Waals surface area (Å²) in [5.74, 6) is 1.08. The highest BCUT2D eigenvalue weighted by molar-refractivity contribution is 5.82. The molecule has 2 saturated heterocycles. The van der Waals surface area contributed by atoms with Crippen LogP contribution in [0.3, 0.4) is 0 Å². The topological polar surface area (TPSA) is 35.6 Å². The quantitative estimate of drug-likeness (QED) is 0.766. The van der Waals surface area contributed by atoms with Gasteiger partial charge in [-0.15, -0.1) is 0 Å². The summed E-state index contributed by atoms with van der Waals surface area (Å²) in [5, 5.41) is 3.32. The van der Waals surface area contributed by atoms with Gasteiger partial charge in [-0.05, 0) is 44.7 Å². The lowest BCUT2D eigenvalue weighted by atomic mass is 10.1. The number of carbonyl (C=O) groups is 1. The molecule has 96 valence electrons. The molecular weight excluding hydrogens is 214 g/mol. The molecule has 1 saturated carbocycles. The van der Waals surface area contributed by atoms with E-state index in [4.69, 9.17) is 0 Å². The Balaban J connectivity index is 1.66. The van der Waals surface area contributed by atoms with Crippen molar-refractivity contribution in [2.45, 2.75) is 31.7 Å². The number of hydrogen-bond acceptors (Lipinski definition) is 3. The summed E-state index contributed by atoms with van der Waals surface area (Å²) in [6.45, 7) is 6.00. The summed E-state index contributed by atoms with van der Waals surface area (Å²) in [6, 6.07) is 0.218. The van der Waals surface area contributed by atoms with Crippen LogP contribution in [0.15, 0.2) is 0 Å². The lowest BCUT2D eigenvalue weighted by molar-refractivity contribution is -0.138. The number of likely N-dealkylation sites (tertiary alicyclic amines) is 1. The molecule has 3 aliphatic rings. The molecule has 3 fully saturated rings. The summed E-state index contributed by atoms with van der Waals surface area (Å²) in [4.78, 5) is 17.2. The van der Waals surface area contributed by atoms with Crippen molar-refractivity contribution in [1.82, 2.24) is 15.1 Å². The van der Waals surface area contributed by atoms with Crippen molar-refractivity contribution in [2.24, 2.45) is 5.92 Å². The largest absolute Gasteiger partial charge is 0.339 e. The first-order chi connectivity index (χ1) is 8.36. The Kier molecular flexibility index (Phi) is 3.34. The van der Waals surface area contributed by atoms with E-state index in [2.05, 4.69) is 15.1 Å². The van der Waals surface area contributed by atoms with Crippen LogP contribution in [0.2, 0.25) is 0 Å². The molecule has 1 aliphatic carbocycles. The average Bonchev–Trinajstić information content (AvgIpc) is 3.05. The Morgan fingerprint density at radius 2 is 1.71 bits per heavy atom. The van der Waals surface area contributed by atoms with Gasteiger partial charge in [-0.3, -0.25) is 9.69 Å². The van der Waals surface area contributed by atoms with Gasteiger partial charge in [0.25, 0.3) is 0 Å². The van der Waals surface area contributed by atoms with Gasteiger partial charge in [-0.25, -0.2) is 0 Å². The summed E-state index contributed by atoms with van der Waals surface area (Å²) < 4.78 is 0. The van der Waals surface area contributed by atoms with E-state index in [1.54, 1.807) is 0 Å². The molecule has 0 spiro atoms. The maximum Gasteiger partial charge on any atom is 0.240 e. The van der Waals surface area contributed by atoms with Gasteiger partial charge in [-0.2, -0.15) is 0 Å². The van der Waals surface area contributed by atoms with Gasteiger partial charge in [0.1, 0.15) is 0 Å². The Morgan fingerprint density at radius 1 is 1.06 bits per heavy atom. The van der Waals surface area contributed by atoms with Gasteiger partial charge in [0, 0.05) is 26.2 Å². The van der Waals surface area contributed by atoms with Crippen LogP contribution in [0.1, 0.15) is 25.7 Å². The predicted octanol–water partition coefficient (Wildman–Crippen LogP) is 0.293. The molecule has 0 radical (unpaired) electrons. The molecule has 4 nitrogen and oxygen atoms in total. The molecular formula is C13H23N3O. The maximum absolute atomic E-state index is 12.6. The second-order valence-electron chi connectivity index (χ2n) is 5.60. The SMILES string of the molecule is O=C(C(C1CC1)N1CCCC1)N1CCNCC1. The Morgan fingerprint density at radius 3 is 2.29 bits per heavy atom. The molecule has 0 aromatic heterocycles. The first-order valence-electron chi connectivity index (χ1n) is 7.10. The fourth-order valence-electron chi connectivity index (χ4n) is 3.16. The molecule has 1 amide bonds. The highest BCUT2D eigenvalue weighted by Gasteiger charge is 2.42. The van der Waals surface area contributed by atoms with E-state index in [9.17, 15) is 4.79 Å². The van der Waals surface area contributed by atoms with Gasteiger partial charge < -0.3 is 10.2 Å². The van der Waals surface area contributed by atoms with Crippen molar-refractivity contribution >= 4 is 5.91 Å². The van der Waals surface area contributed by atoms with Crippen molar-refractivity contribution in [2.75, 3.05) is 39.3 Å². The number of nitrogens with one attached hydrogen (secondary N) is 1. The highest BCUT2D eigenvalue weighted by atomic mass is 16.2. The van der Waals surface area contributed by atoms with Crippen LogP contribution >= 0.6 is 0 Å². The zero-order valence-electron chi connectivity index (χ0n) is 10.5.